The molecule has 2 aromatic rings. The lowest BCUT2D eigenvalue weighted by Gasteiger charge is -2.22. The molecule has 128 valence electrons. The molecule has 1 heterocycles. The van der Waals surface area contributed by atoms with E-state index in [1.807, 2.05) is 0 Å². The number of hydrogen-bond acceptors (Lipinski definition) is 2. The average molecular weight is 346 g/mol. The average Bonchev–Trinajstić information content (AvgIpc) is 2.46. The van der Waals surface area contributed by atoms with Gasteiger partial charge in [0.15, 0.2) is 23.1 Å². The number of alkyl halides is 3. The molecule has 24 heavy (non-hydrogen) atoms. The van der Waals surface area contributed by atoms with Crippen LogP contribution in [0.1, 0.15) is 27.7 Å². The number of hydrogen-bond donors (Lipinski definition) is 2. The summed E-state index contributed by atoms with van der Waals surface area (Å²) in [6, 6.07) is 0.466. The number of aryl methyl sites for hydroxylation is 1. The first kappa shape index (κ1) is 17.6. The maximum atomic E-state index is 13.7. The molecule has 1 aromatic carbocycles. The van der Waals surface area contributed by atoms with Gasteiger partial charge in [-0.05, 0) is 13.0 Å². The molecule has 0 saturated heterocycles. The number of rotatable bonds is 3. The van der Waals surface area contributed by atoms with Gasteiger partial charge in [-0.25, -0.2) is 8.78 Å². The maximum absolute atomic E-state index is 13.7. The smallest absolute Gasteiger partial charge is 0.364 e. The molecule has 0 aliphatic carbocycles. The molecule has 0 bridgehead atoms. The Morgan fingerprint density at radius 1 is 1.25 bits per heavy atom. The first-order valence-corrected chi connectivity index (χ1v) is 6.62. The standard InChI is InChI=1S/C15H11F5N2O2/c1-7-5-11(23)9(6-21-7)14(24)22-13(15(18,19)20)8-3-2-4-10(16)12(8)17/h2-6,13H,1H3,(H,21,23)(H,22,24)/t13-/m1/s1. The number of carbonyl (C=O) groups is 1. The monoisotopic (exact) mass is 346 g/mol. The maximum Gasteiger partial charge on any atom is 0.412 e. The Labute approximate surface area is 132 Å². The Balaban J connectivity index is 2.42. The van der Waals surface area contributed by atoms with Gasteiger partial charge in [0.1, 0.15) is 5.56 Å². The van der Waals surface area contributed by atoms with Crippen LogP contribution in [0.15, 0.2) is 35.3 Å². The third-order valence-electron chi connectivity index (χ3n) is 3.20. The fraction of sp³-hybridized carbons (Fsp3) is 0.200. The van der Waals surface area contributed by atoms with Crippen LogP contribution in [0.5, 0.6) is 0 Å². The van der Waals surface area contributed by atoms with Gasteiger partial charge in [-0.2, -0.15) is 13.2 Å². The molecule has 0 saturated carbocycles. The van der Waals surface area contributed by atoms with Gasteiger partial charge in [0, 0.05) is 23.5 Å². The van der Waals surface area contributed by atoms with Gasteiger partial charge in [-0.15, -0.1) is 0 Å². The van der Waals surface area contributed by atoms with Crippen LogP contribution in [0.25, 0.3) is 0 Å². The van der Waals surface area contributed by atoms with Crippen molar-refractivity contribution < 1.29 is 26.7 Å². The topological polar surface area (TPSA) is 62.0 Å². The van der Waals surface area contributed by atoms with Gasteiger partial charge >= 0.3 is 6.18 Å². The zero-order valence-corrected chi connectivity index (χ0v) is 12.2. The lowest BCUT2D eigenvalue weighted by atomic mass is 10.0. The first-order chi connectivity index (χ1) is 11.1. The molecule has 1 amide bonds. The molecule has 1 atom stereocenters. The van der Waals surface area contributed by atoms with Gasteiger partial charge in [0.05, 0.1) is 0 Å². The first-order valence-electron chi connectivity index (χ1n) is 6.62. The molecule has 0 aliphatic heterocycles. The van der Waals surface area contributed by atoms with Gasteiger partial charge in [-0.3, -0.25) is 9.59 Å². The van der Waals surface area contributed by atoms with Crippen LogP contribution >= 0.6 is 0 Å². The quantitative estimate of drug-likeness (QED) is 0.840. The molecule has 0 spiro atoms. The predicted octanol–water partition coefficient (Wildman–Crippen LogP) is 2.99. The Morgan fingerprint density at radius 2 is 1.92 bits per heavy atom. The number of aromatic nitrogens is 1. The molecular weight excluding hydrogens is 335 g/mol. The highest BCUT2D eigenvalue weighted by molar-refractivity contribution is 5.94. The van der Waals surface area contributed by atoms with Crippen molar-refractivity contribution in [1.29, 1.82) is 0 Å². The van der Waals surface area contributed by atoms with Crippen LogP contribution in [0.4, 0.5) is 22.0 Å². The highest BCUT2D eigenvalue weighted by Crippen LogP contribution is 2.34. The van der Waals surface area contributed by atoms with Crippen molar-refractivity contribution in [2.45, 2.75) is 19.1 Å². The molecule has 0 unspecified atom stereocenters. The van der Waals surface area contributed by atoms with Crippen LogP contribution in [0.2, 0.25) is 0 Å². The zero-order valence-electron chi connectivity index (χ0n) is 12.2. The second kappa shape index (κ2) is 6.42. The van der Waals surface area contributed by atoms with Gasteiger partial charge in [0.2, 0.25) is 0 Å². The van der Waals surface area contributed by atoms with Gasteiger partial charge in [-0.1, -0.05) is 12.1 Å². The van der Waals surface area contributed by atoms with Crippen molar-refractivity contribution in [3.05, 3.63) is 69.1 Å². The molecular formula is C15H11F5N2O2. The highest BCUT2D eigenvalue weighted by Gasteiger charge is 2.44. The number of amides is 1. The van der Waals surface area contributed by atoms with E-state index >= 15 is 0 Å². The Morgan fingerprint density at radius 3 is 2.50 bits per heavy atom. The van der Waals surface area contributed by atoms with E-state index in [-0.39, 0.29) is 0 Å². The van der Waals surface area contributed by atoms with Gasteiger partial charge < -0.3 is 10.3 Å². The van der Waals surface area contributed by atoms with Crippen molar-refractivity contribution in [3.63, 3.8) is 0 Å². The Kier molecular flexibility index (Phi) is 4.72. The summed E-state index contributed by atoms with van der Waals surface area (Å²) in [7, 11) is 0. The zero-order chi connectivity index (χ0) is 18.1. The molecule has 0 radical (unpaired) electrons. The van der Waals surface area contributed by atoms with Crippen molar-refractivity contribution in [1.82, 2.24) is 10.3 Å². The molecule has 4 nitrogen and oxygen atoms in total. The number of carbonyl (C=O) groups excluding carboxylic acids is 1. The minimum atomic E-state index is -5.10. The Hall–Kier alpha value is -2.71. The Bertz CT molecular complexity index is 829. The second-order valence-electron chi connectivity index (χ2n) is 4.99. The lowest BCUT2D eigenvalue weighted by molar-refractivity contribution is -0.155. The van der Waals surface area contributed by atoms with E-state index in [2.05, 4.69) is 4.98 Å². The summed E-state index contributed by atoms with van der Waals surface area (Å²) in [6.45, 7) is 1.52. The van der Waals surface area contributed by atoms with E-state index in [0.29, 0.717) is 17.8 Å². The number of aromatic amines is 1. The van der Waals surface area contributed by atoms with E-state index in [1.165, 1.54) is 12.2 Å². The third-order valence-corrected chi connectivity index (χ3v) is 3.20. The molecule has 0 fully saturated rings. The molecule has 1 aromatic heterocycles. The van der Waals surface area contributed by atoms with Crippen LogP contribution < -0.4 is 10.7 Å². The largest absolute Gasteiger partial charge is 0.412 e. The van der Waals surface area contributed by atoms with E-state index in [1.54, 1.807) is 0 Å². The normalized spacial score (nSPS) is 12.8. The number of pyridine rings is 1. The van der Waals surface area contributed by atoms with Crippen molar-refractivity contribution in [2.24, 2.45) is 0 Å². The molecule has 0 aliphatic rings. The van der Waals surface area contributed by atoms with E-state index in [0.717, 1.165) is 18.3 Å². The second-order valence-corrected chi connectivity index (χ2v) is 4.99. The van der Waals surface area contributed by atoms with E-state index in [4.69, 9.17) is 0 Å². The molecule has 9 heteroatoms. The summed E-state index contributed by atoms with van der Waals surface area (Å²) in [4.78, 5) is 26.1. The SMILES string of the molecule is Cc1cc(=O)c(C(=O)N[C@H](c2cccc(F)c2F)C(F)(F)F)c[nH]1. The predicted molar refractivity (Wildman–Crippen MR) is 74.4 cm³/mol. The van der Waals surface area contributed by atoms with Crippen LogP contribution in [-0.2, 0) is 0 Å². The summed E-state index contributed by atoms with van der Waals surface area (Å²) in [5.74, 6) is -4.57. The summed E-state index contributed by atoms with van der Waals surface area (Å²) in [5.41, 5.74) is -2.06. The van der Waals surface area contributed by atoms with Crippen LogP contribution in [0, 0.1) is 18.6 Å². The third kappa shape index (κ3) is 3.61. The van der Waals surface area contributed by atoms with Crippen molar-refractivity contribution in [3.8, 4) is 0 Å². The number of benzene rings is 1. The minimum absolute atomic E-state index is 0.403. The van der Waals surface area contributed by atoms with Crippen LogP contribution in [-0.4, -0.2) is 17.1 Å². The van der Waals surface area contributed by atoms with Gasteiger partial charge in [0.25, 0.3) is 5.91 Å². The van der Waals surface area contributed by atoms with Crippen LogP contribution in [0.3, 0.4) is 0 Å². The van der Waals surface area contributed by atoms with Crippen molar-refractivity contribution >= 4 is 5.91 Å². The van der Waals surface area contributed by atoms with Crippen molar-refractivity contribution in [2.75, 3.05) is 0 Å². The molecule has 2 N–H and O–H groups in total. The number of nitrogens with one attached hydrogen (secondary N) is 2. The number of H-pyrrole nitrogens is 1. The highest BCUT2D eigenvalue weighted by atomic mass is 19.4. The lowest BCUT2D eigenvalue weighted by Crippen LogP contribution is -2.40. The fourth-order valence-electron chi connectivity index (χ4n) is 2.04. The minimum Gasteiger partial charge on any atom is -0.364 e. The summed E-state index contributed by atoms with van der Waals surface area (Å²) in [6.07, 6.45) is -4.15. The summed E-state index contributed by atoms with van der Waals surface area (Å²) >= 11 is 0. The number of halogens is 5. The molecule has 2 rings (SSSR count). The van der Waals surface area contributed by atoms with E-state index in [9.17, 15) is 31.5 Å². The summed E-state index contributed by atoms with van der Waals surface area (Å²) < 4.78 is 66.4. The van der Waals surface area contributed by atoms with E-state index < -0.39 is 46.3 Å². The fourth-order valence-corrected chi connectivity index (χ4v) is 2.04. The summed E-state index contributed by atoms with van der Waals surface area (Å²) in [5, 5.41) is 1.53.